The van der Waals surface area contributed by atoms with Crippen LogP contribution in [0.2, 0.25) is 0 Å². The molecule has 15 heavy (non-hydrogen) atoms. The first kappa shape index (κ1) is 12.4. The summed E-state index contributed by atoms with van der Waals surface area (Å²) in [5.74, 6) is 1.93. The molecule has 0 fully saturated rings. The lowest BCUT2D eigenvalue weighted by Gasteiger charge is -2.06. The van der Waals surface area contributed by atoms with E-state index in [4.69, 9.17) is 10.5 Å². The highest BCUT2D eigenvalue weighted by molar-refractivity contribution is 7.99. The van der Waals surface area contributed by atoms with E-state index in [1.807, 2.05) is 12.1 Å². The number of unbranched alkanes of at least 4 members (excludes halogenated alkanes) is 1. The van der Waals surface area contributed by atoms with Gasteiger partial charge in [0.1, 0.15) is 5.75 Å². The predicted octanol–water partition coefficient (Wildman–Crippen LogP) is 2.92. The number of hydrogen-bond donors (Lipinski definition) is 1. The van der Waals surface area contributed by atoms with E-state index in [9.17, 15) is 0 Å². The largest absolute Gasteiger partial charge is 0.494 e. The fraction of sp³-hybridized carbons (Fsp3) is 0.500. The highest BCUT2D eigenvalue weighted by Crippen LogP contribution is 2.20. The lowest BCUT2D eigenvalue weighted by Crippen LogP contribution is -2.00. The number of rotatable bonds is 7. The van der Waals surface area contributed by atoms with E-state index in [0.29, 0.717) is 0 Å². The lowest BCUT2D eigenvalue weighted by molar-refractivity contribution is 0.309. The molecule has 0 saturated heterocycles. The minimum atomic E-state index is 0.722. The average molecular weight is 225 g/mol. The van der Waals surface area contributed by atoms with Gasteiger partial charge in [-0.1, -0.05) is 13.3 Å². The van der Waals surface area contributed by atoms with Gasteiger partial charge in [-0.05, 0) is 30.7 Å². The Morgan fingerprint density at radius 1 is 1.27 bits per heavy atom. The van der Waals surface area contributed by atoms with E-state index >= 15 is 0 Å². The summed E-state index contributed by atoms with van der Waals surface area (Å²) >= 11 is 1.78. The van der Waals surface area contributed by atoms with Gasteiger partial charge in [-0.15, -0.1) is 11.8 Å². The molecule has 3 heteroatoms. The minimum Gasteiger partial charge on any atom is -0.494 e. The normalized spacial score (nSPS) is 10.3. The molecule has 1 aromatic rings. The molecule has 0 bridgehead atoms. The molecule has 0 aliphatic rings. The van der Waals surface area contributed by atoms with E-state index in [0.717, 1.165) is 31.1 Å². The second-order valence-corrected chi connectivity index (χ2v) is 4.48. The molecule has 1 aromatic carbocycles. The maximum absolute atomic E-state index is 5.57. The van der Waals surface area contributed by atoms with Crippen LogP contribution in [0.1, 0.15) is 19.8 Å². The molecule has 2 nitrogen and oxygen atoms in total. The van der Waals surface area contributed by atoms with Crippen molar-refractivity contribution in [3.63, 3.8) is 0 Å². The van der Waals surface area contributed by atoms with E-state index in [-0.39, 0.29) is 0 Å². The summed E-state index contributed by atoms with van der Waals surface area (Å²) in [5.41, 5.74) is 5.44. The minimum absolute atomic E-state index is 0.722. The maximum atomic E-state index is 5.57. The van der Waals surface area contributed by atoms with Crippen LogP contribution in [-0.4, -0.2) is 18.9 Å². The molecule has 0 aromatic heterocycles. The molecule has 1 rings (SSSR count). The number of nitrogens with two attached hydrogens (primary N) is 1. The van der Waals surface area contributed by atoms with E-state index in [1.54, 1.807) is 11.8 Å². The number of thioether (sulfide) groups is 1. The standard InChI is InChI=1S/C12H19NOS/c1-2-3-9-14-11-4-6-12(7-5-11)15-10-8-13/h4-7H,2-3,8-10,13H2,1H3. The zero-order chi connectivity index (χ0) is 10.9. The molecule has 0 spiro atoms. The molecule has 0 saturated carbocycles. The van der Waals surface area contributed by atoms with Crippen molar-refractivity contribution in [1.29, 1.82) is 0 Å². The van der Waals surface area contributed by atoms with Gasteiger partial charge in [0.25, 0.3) is 0 Å². The van der Waals surface area contributed by atoms with Crippen molar-refractivity contribution < 1.29 is 4.74 Å². The Morgan fingerprint density at radius 2 is 2.00 bits per heavy atom. The number of hydrogen-bond acceptors (Lipinski definition) is 3. The monoisotopic (exact) mass is 225 g/mol. The third-order valence-corrected chi connectivity index (χ3v) is 3.02. The van der Waals surface area contributed by atoms with Crippen LogP contribution >= 0.6 is 11.8 Å². The van der Waals surface area contributed by atoms with Crippen LogP contribution in [0, 0.1) is 0 Å². The first-order chi connectivity index (χ1) is 7.36. The van der Waals surface area contributed by atoms with E-state index < -0.39 is 0 Å². The summed E-state index contributed by atoms with van der Waals surface area (Å²) in [4.78, 5) is 1.25. The zero-order valence-electron chi connectivity index (χ0n) is 9.24. The first-order valence-electron chi connectivity index (χ1n) is 5.42. The topological polar surface area (TPSA) is 35.2 Å². The average Bonchev–Trinajstić information content (AvgIpc) is 2.28. The Kier molecular flexibility index (Phi) is 6.28. The van der Waals surface area contributed by atoms with Gasteiger partial charge < -0.3 is 10.5 Å². The third-order valence-electron chi connectivity index (χ3n) is 1.98. The molecule has 0 aliphatic heterocycles. The predicted molar refractivity (Wildman–Crippen MR) is 66.6 cm³/mol. The molecular weight excluding hydrogens is 206 g/mol. The Bertz CT molecular complexity index is 261. The van der Waals surface area contributed by atoms with Crippen molar-refractivity contribution in [3.05, 3.63) is 24.3 Å². The molecular formula is C12H19NOS. The quantitative estimate of drug-likeness (QED) is 0.572. The van der Waals surface area contributed by atoms with Crippen molar-refractivity contribution in [3.8, 4) is 5.75 Å². The van der Waals surface area contributed by atoms with Crippen LogP contribution in [-0.2, 0) is 0 Å². The summed E-state index contributed by atoms with van der Waals surface area (Å²) in [6, 6.07) is 8.21. The molecule has 2 N–H and O–H groups in total. The van der Waals surface area contributed by atoms with Crippen molar-refractivity contribution in [2.24, 2.45) is 5.73 Å². The van der Waals surface area contributed by atoms with Gasteiger partial charge >= 0.3 is 0 Å². The van der Waals surface area contributed by atoms with E-state index in [2.05, 4.69) is 19.1 Å². The van der Waals surface area contributed by atoms with Crippen LogP contribution in [0.3, 0.4) is 0 Å². The SMILES string of the molecule is CCCCOc1ccc(SCCN)cc1. The Morgan fingerprint density at radius 3 is 2.60 bits per heavy atom. The van der Waals surface area contributed by atoms with E-state index in [1.165, 1.54) is 11.3 Å². The van der Waals surface area contributed by atoms with Gasteiger partial charge in [0.05, 0.1) is 6.61 Å². The Balaban J connectivity index is 2.35. The molecule has 0 heterocycles. The second-order valence-electron chi connectivity index (χ2n) is 3.31. The van der Waals surface area contributed by atoms with Gasteiger partial charge in [0.2, 0.25) is 0 Å². The lowest BCUT2D eigenvalue weighted by atomic mass is 10.3. The summed E-state index contributed by atoms with van der Waals surface area (Å²) in [6.07, 6.45) is 2.29. The highest BCUT2D eigenvalue weighted by atomic mass is 32.2. The van der Waals surface area contributed by atoms with Crippen molar-refractivity contribution in [2.75, 3.05) is 18.9 Å². The van der Waals surface area contributed by atoms with Crippen LogP contribution in [0.4, 0.5) is 0 Å². The van der Waals surface area contributed by atoms with Gasteiger partial charge in [-0.25, -0.2) is 0 Å². The van der Waals surface area contributed by atoms with Crippen molar-refractivity contribution in [2.45, 2.75) is 24.7 Å². The van der Waals surface area contributed by atoms with Gasteiger partial charge in [0.15, 0.2) is 0 Å². The van der Waals surface area contributed by atoms with Crippen LogP contribution in [0.5, 0.6) is 5.75 Å². The van der Waals surface area contributed by atoms with Gasteiger partial charge in [-0.3, -0.25) is 0 Å². The molecule has 0 unspecified atom stereocenters. The Labute approximate surface area is 96.2 Å². The molecule has 84 valence electrons. The summed E-state index contributed by atoms with van der Waals surface area (Å²) in [5, 5.41) is 0. The molecule has 0 amide bonds. The summed E-state index contributed by atoms with van der Waals surface area (Å²) in [6.45, 7) is 3.70. The van der Waals surface area contributed by atoms with Crippen LogP contribution < -0.4 is 10.5 Å². The Hall–Kier alpha value is -0.670. The van der Waals surface area contributed by atoms with Gasteiger partial charge in [0, 0.05) is 17.2 Å². The first-order valence-corrected chi connectivity index (χ1v) is 6.41. The molecule has 0 radical (unpaired) electrons. The summed E-state index contributed by atoms with van der Waals surface area (Å²) < 4.78 is 5.57. The molecule has 0 aliphatic carbocycles. The van der Waals surface area contributed by atoms with Crippen molar-refractivity contribution >= 4 is 11.8 Å². The number of ether oxygens (including phenoxy) is 1. The molecule has 0 atom stereocenters. The zero-order valence-corrected chi connectivity index (χ0v) is 10.1. The maximum Gasteiger partial charge on any atom is 0.119 e. The van der Waals surface area contributed by atoms with Gasteiger partial charge in [-0.2, -0.15) is 0 Å². The fourth-order valence-corrected chi connectivity index (χ4v) is 1.83. The number of benzene rings is 1. The smallest absolute Gasteiger partial charge is 0.119 e. The van der Waals surface area contributed by atoms with Crippen molar-refractivity contribution in [1.82, 2.24) is 0 Å². The third kappa shape index (κ3) is 5.09. The second kappa shape index (κ2) is 7.60. The summed E-state index contributed by atoms with van der Waals surface area (Å²) in [7, 11) is 0. The fourth-order valence-electron chi connectivity index (χ4n) is 1.14. The van der Waals surface area contributed by atoms with Crippen LogP contribution in [0.25, 0.3) is 0 Å². The highest BCUT2D eigenvalue weighted by Gasteiger charge is 1.95. The van der Waals surface area contributed by atoms with Crippen LogP contribution in [0.15, 0.2) is 29.2 Å².